The molecule has 0 unspecified atom stereocenters. The molecule has 0 bridgehead atoms. The first-order valence-corrected chi connectivity index (χ1v) is 26.0. The van der Waals surface area contributed by atoms with E-state index in [-0.39, 0.29) is 19.0 Å². The fraction of sp³-hybridized carbons (Fsp3) is 0.292. The average molecular weight is 1010 g/mol. The van der Waals surface area contributed by atoms with E-state index in [0.717, 1.165) is 44.3 Å². The molecule has 8 aromatic rings. The first kappa shape index (κ1) is 51.8. The van der Waals surface area contributed by atoms with Crippen molar-refractivity contribution in [1.29, 1.82) is 0 Å². The van der Waals surface area contributed by atoms with E-state index in [4.69, 9.17) is 42.6 Å². The topological polar surface area (TPSA) is 103 Å². The second-order valence-corrected chi connectivity index (χ2v) is 19.3. The molecule has 2 heterocycles. The summed E-state index contributed by atoms with van der Waals surface area (Å²) in [5.74, 6) is 0.581. The minimum atomic E-state index is -0.665. The van der Waals surface area contributed by atoms with E-state index in [0.29, 0.717) is 69.2 Å². The molecule has 2 fully saturated rings. The van der Waals surface area contributed by atoms with Crippen molar-refractivity contribution < 1.29 is 47.7 Å². The van der Waals surface area contributed by atoms with Gasteiger partial charge in [-0.15, -0.1) is 0 Å². The van der Waals surface area contributed by atoms with Crippen LogP contribution >= 0.6 is 0 Å². The molecule has 0 spiro atoms. The number of benzene rings is 8. The molecule has 10 heteroatoms. The van der Waals surface area contributed by atoms with Gasteiger partial charge in [0.25, 0.3) is 0 Å². The summed E-state index contributed by atoms with van der Waals surface area (Å²) in [6.45, 7) is 2.67. The molecule has 2 aliphatic heterocycles. The molecule has 8 atom stereocenters. The zero-order chi connectivity index (χ0) is 51.0. The maximum atomic E-state index is 12.7. The standard InChI is InChI=1S/C65H66O10/c1-67-55-34-20-33-52-53(56-36-58(70-40-48-25-12-4-13-26-48)64(72-42-50-29-16-6-17-30-50)60(74-56)44-68-38-46-21-8-2-9-22-46)35-54(63(66)62(52)55)57-37-59(71-41-49-27-14-5-15-28-49)65(73-43-51-31-18-7-19-32-51)61(75-57)45-69-39-47-23-10-3-11-24-47/h2-35,56-61,64-66H,36-45H2,1H3/t56-,57-,58-,59-,60-,61-,64+,65+/m1/s1. The second kappa shape index (κ2) is 26.2. The maximum Gasteiger partial charge on any atom is 0.132 e. The lowest BCUT2D eigenvalue weighted by Gasteiger charge is -2.43. The van der Waals surface area contributed by atoms with Crippen molar-refractivity contribution in [3.8, 4) is 11.5 Å². The van der Waals surface area contributed by atoms with Crippen LogP contribution in [0.5, 0.6) is 11.5 Å². The lowest BCUT2D eigenvalue weighted by molar-refractivity contribution is -0.223. The predicted molar refractivity (Wildman–Crippen MR) is 289 cm³/mol. The van der Waals surface area contributed by atoms with Crippen molar-refractivity contribution >= 4 is 10.8 Å². The Bertz CT molecular complexity index is 2950. The molecule has 1 N–H and O–H groups in total. The summed E-state index contributed by atoms with van der Waals surface area (Å²) in [5.41, 5.74) is 7.69. The number of phenols is 1. The number of ether oxygens (including phenoxy) is 9. The SMILES string of the molecule is COc1cccc2c([C@H]3C[C@@H](OCc4ccccc4)[C@H](OCc4ccccc4)[C@@H](COCc4ccccc4)O3)cc([C@H]3C[C@@H](OCc4ccccc4)[C@H](OCc4ccccc4)[C@@H](COCc4ccccc4)O3)c(O)c12. The van der Waals surface area contributed by atoms with Gasteiger partial charge in [0, 0.05) is 18.4 Å². The van der Waals surface area contributed by atoms with Gasteiger partial charge in [0.05, 0.1) is 89.8 Å². The van der Waals surface area contributed by atoms with Crippen molar-refractivity contribution in [3.63, 3.8) is 0 Å². The van der Waals surface area contributed by atoms with Gasteiger partial charge < -0.3 is 47.7 Å². The fourth-order valence-corrected chi connectivity index (χ4v) is 10.3. The maximum absolute atomic E-state index is 12.7. The molecule has 2 aliphatic rings. The zero-order valence-corrected chi connectivity index (χ0v) is 42.4. The summed E-state index contributed by atoms with van der Waals surface area (Å²) in [6, 6.07) is 68.7. The average Bonchev–Trinajstić information content (AvgIpc) is 3.47. The summed E-state index contributed by atoms with van der Waals surface area (Å²) in [7, 11) is 1.62. The van der Waals surface area contributed by atoms with Crippen LogP contribution in [-0.2, 0) is 77.5 Å². The first-order chi connectivity index (χ1) is 37.1. The first-order valence-electron chi connectivity index (χ1n) is 26.0. The van der Waals surface area contributed by atoms with Crippen molar-refractivity contribution in [2.24, 2.45) is 0 Å². The van der Waals surface area contributed by atoms with Gasteiger partial charge in [0.15, 0.2) is 0 Å². The van der Waals surface area contributed by atoms with E-state index in [2.05, 4.69) is 66.7 Å². The van der Waals surface area contributed by atoms with Crippen LogP contribution in [0, 0.1) is 0 Å². The minimum Gasteiger partial charge on any atom is -0.507 e. The Labute approximate surface area is 440 Å². The third kappa shape index (κ3) is 13.6. The smallest absolute Gasteiger partial charge is 0.132 e. The summed E-state index contributed by atoms with van der Waals surface area (Å²) in [4.78, 5) is 0. The Hall–Kier alpha value is -6.70. The van der Waals surface area contributed by atoms with Crippen LogP contribution in [0.2, 0.25) is 0 Å². The van der Waals surface area contributed by atoms with E-state index < -0.39 is 48.8 Å². The Balaban J connectivity index is 1.03. The van der Waals surface area contributed by atoms with E-state index in [1.807, 2.05) is 140 Å². The van der Waals surface area contributed by atoms with Gasteiger partial charge in [0.2, 0.25) is 0 Å². The third-order valence-corrected chi connectivity index (χ3v) is 14.1. The molecule has 0 aromatic heterocycles. The highest BCUT2D eigenvalue weighted by Gasteiger charge is 2.45. The highest BCUT2D eigenvalue weighted by molar-refractivity contribution is 5.97. The van der Waals surface area contributed by atoms with Crippen molar-refractivity contribution in [2.75, 3.05) is 20.3 Å². The summed E-state index contributed by atoms with van der Waals surface area (Å²) < 4.78 is 61.2. The molecule has 386 valence electrons. The Kier molecular flexibility index (Phi) is 18.1. The fourth-order valence-electron chi connectivity index (χ4n) is 10.3. The third-order valence-electron chi connectivity index (χ3n) is 14.1. The summed E-state index contributed by atoms with van der Waals surface area (Å²) in [5, 5.41) is 14.1. The predicted octanol–water partition coefficient (Wildman–Crippen LogP) is 13.0. The lowest BCUT2D eigenvalue weighted by atomic mass is 9.86. The van der Waals surface area contributed by atoms with E-state index in [9.17, 15) is 5.11 Å². The van der Waals surface area contributed by atoms with Gasteiger partial charge in [-0.3, -0.25) is 0 Å². The normalized spacial score (nSPS) is 21.7. The highest BCUT2D eigenvalue weighted by atomic mass is 16.6. The monoisotopic (exact) mass is 1010 g/mol. The Morgan fingerprint density at radius 2 is 0.773 bits per heavy atom. The van der Waals surface area contributed by atoms with Crippen molar-refractivity contribution in [3.05, 3.63) is 251 Å². The van der Waals surface area contributed by atoms with Crippen LogP contribution in [-0.4, -0.2) is 62.1 Å². The highest BCUT2D eigenvalue weighted by Crippen LogP contribution is 2.48. The van der Waals surface area contributed by atoms with Gasteiger partial charge in [-0.2, -0.15) is 0 Å². The molecule has 10 rings (SSSR count). The molecular formula is C65H66O10. The van der Waals surface area contributed by atoms with Gasteiger partial charge in [-0.25, -0.2) is 0 Å². The molecule has 0 saturated carbocycles. The number of rotatable bonds is 23. The molecule has 0 amide bonds. The van der Waals surface area contributed by atoms with E-state index >= 15 is 0 Å². The molecule has 2 saturated heterocycles. The quantitative estimate of drug-likeness (QED) is 0.0666. The van der Waals surface area contributed by atoms with Gasteiger partial charge in [-0.05, 0) is 56.5 Å². The number of fused-ring (bicyclic) bond motifs is 1. The second-order valence-electron chi connectivity index (χ2n) is 19.3. The molecule has 0 radical (unpaired) electrons. The molecule has 10 nitrogen and oxygen atoms in total. The van der Waals surface area contributed by atoms with Crippen LogP contribution in [0.25, 0.3) is 10.8 Å². The summed E-state index contributed by atoms with van der Waals surface area (Å²) >= 11 is 0. The number of hydrogen-bond donors (Lipinski definition) is 1. The Morgan fingerprint density at radius 3 is 1.16 bits per heavy atom. The lowest BCUT2D eigenvalue weighted by Crippen LogP contribution is -2.50. The largest absolute Gasteiger partial charge is 0.507 e. The number of methoxy groups -OCH3 is 1. The van der Waals surface area contributed by atoms with Crippen LogP contribution in [0.1, 0.15) is 69.6 Å². The van der Waals surface area contributed by atoms with E-state index in [1.165, 1.54) is 0 Å². The van der Waals surface area contributed by atoms with Crippen LogP contribution in [0.4, 0.5) is 0 Å². The van der Waals surface area contributed by atoms with E-state index in [1.54, 1.807) is 7.11 Å². The van der Waals surface area contributed by atoms with Crippen LogP contribution in [0.15, 0.2) is 206 Å². The number of phenolic OH excluding ortho intramolecular Hbond substituents is 1. The number of hydrogen-bond acceptors (Lipinski definition) is 10. The van der Waals surface area contributed by atoms with Crippen molar-refractivity contribution in [2.45, 2.75) is 101 Å². The van der Waals surface area contributed by atoms with Gasteiger partial charge in [-0.1, -0.05) is 194 Å². The Morgan fingerprint density at radius 1 is 0.413 bits per heavy atom. The van der Waals surface area contributed by atoms with Crippen LogP contribution < -0.4 is 4.74 Å². The van der Waals surface area contributed by atoms with Gasteiger partial charge in [0.1, 0.15) is 35.9 Å². The zero-order valence-electron chi connectivity index (χ0n) is 42.4. The minimum absolute atomic E-state index is 0.0603. The molecule has 0 aliphatic carbocycles. The van der Waals surface area contributed by atoms with Crippen LogP contribution in [0.3, 0.4) is 0 Å². The molecular weight excluding hydrogens is 941 g/mol. The summed E-state index contributed by atoms with van der Waals surface area (Å²) in [6.07, 6.45) is -3.45. The van der Waals surface area contributed by atoms with Gasteiger partial charge >= 0.3 is 0 Å². The molecule has 75 heavy (non-hydrogen) atoms. The molecule has 8 aromatic carbocycles. The van der Waals surface area contributed by atoms with Crippen molar-refractivity contribution in [1.82, 2.24) is 0 Å². The number of aromatic hydroxyl groups is 1.